The minimum absolute atomic E-state index is 0.0277. The summed E-state index contributed by atoms with van der Waals surface area (Å²) in [5.41, 5.74) is 6.57. The number of nitrogens with zero attached hydrogens (tertiary/aromatic N) is 3. The lowest BCUT2D eigenvalue weighted by Crippen LogP contribution is -2.41. The number of hydrogen-bond acceptors (Lipinski definition) is 12. The molecule has 248 valence electrons. The highest BCUT2D eigenvalue weighted by Crippen LogP contribution is 2.23. The standard InChI is InChI=1S/C29H39N9O6S2/c1-2-3-14-45-46-15-11-23(40)32-13-4-12-31-22(39)10-9-21(28(43)44)36-26(41)18-5-7-19(8-6-18)33-16-20-17-34-25-24(35-20)27(42)38-29(30)37-25/h5-8,17,21,33H,2-4,9-16H2,1H3,(H,31,39)(H,32,40)(H,36,41)(H,43,44)(H3,30,34,37,38,42). The van der Waals surface area contributed by atoms with Gasteiger partial charge in [-0.05, 0) is 43.5 Å². The average molecular weight is 674 g/mol. The summed E-state index contributed by atoms with van der Waals surface area (Å²) < 4.78 is 0. The first-order valence-electron chi connectivity index (χ1n) is 14.8. The third kappa shape index (κ3) is 12.5. The van der Waals surface area contributed by atoms with Gasteiger partial charge in [-0.2, -0.15) is 4.98 Å². The number of nitrogens with one attached hydrogen (secondary N) is 5. The number of carboxylic acid groups (broad SMARTS) is 1. The van der Waals surface area contributed by atoms with Gasteiger partial charge in [0.1, 0.15) is 6.04 Å². The van der Waals surface area contributed by atoms with Crippen molar-refractivity contribution in [3.63, 3.8) is 0 Å². The van der Waals surface area contributed by atoms with E-state index in [0.29, 0.717) is 37.3 Å². The predicted molar refractivity (Wildman–Crippen MR) is 179 cm³/mol. The van der Waals surface area contributed by atoms with E-state index >= 15 is 0 Å². The number of nitrogen functional groups attached to an aromatic ring is 1. The van der Waals surface area contributed by atoms with Crippen LogP contribution < -0.4 is 32.6 Å². The molecule has 1 atom stereocenters. The number of carboxylic acids is 1. The molecule has 3 amide bonds. The summed E-state index contributed by atoms with van der Waals surface area (Å²) in [7, 11) is 3.48. The van der Waals surface area contributed by atoms with Gasteiger partial charge in [-0.25, -0.2) is 14.8 Å². The zero-order chi connectivity index (χ0) is 33.3. The smallest absolute Gasteiger partial charge is 0.326 e. The Balaban J connectivity index is 1.35. The van der Waals surface area contributed by atoms with Gasteiger partial charge in [0, 0.05) is 48.7 Å². The molecule has 8 N–H and O–H groups in total. The van der Waals surface area contributed by atoms with E-state index in [9.17, 15) is 29.1 Å². The van der Waals surface area contributed by atoms with Gasteiger partial charge in [0.25, 0.3) is 11.5 Å². The maximum atomic E-state index is 12.7. The van der Waals surface area contributed by atoms with Gasteiger partial charge in [0.2, 0.25) is 17.8 Å². The van der Waals surface area contributed by atoms with Crippen LogP contribution in [0.3, 0.4) is 0 Å². The zero-order valence-corrected chi connectivity index (χ0v) is 27.1. The molecule has 0 aliphatic heterocycles. The highest BCUT2D eigenvalue weighted by atomic mass is 33.1. The van der Waals surface area contributed by atoms with Gasteiger partial charge in [-0.1, -0.05) is 34.9 Å². The van der Waals surface area contributed by atoms with Crippen LogP contribution in [0.5, 0.6) is 0 Å². The van der Waals surface area contributed by atoms with E-state index in [0.717, 1.165) is 17.9 Å². The number of aromatic nitrogens is 4. The molecule has 17 heteroatoms. The van der Waals surface area contributed by atoms with Crippen LogP contribution in [-0.2, 0) is 20.9 Å². The van der Waals surface area contributed by atoms with Crippen LogP contribution in [0, 0.1) is 0 Å². The van der Waals surface area contributed by atoms with Crippen molar-refractivity contribution in [3.8, 4) is 0 Å². The summed E-state index contributed by atoms with van der Waals surface area (Å²) in [4.78, 5) is 75.2. The molecule has 0 aliphatic rings. The Hall–Kier alpha value is -4.38. The third-order valence-corrected chi connectivity index (χ3v) is 8.94. The second-order valence-electron chi connectivity index (χ2n) is 10.1. The van der Waals surface area contributed by atoms with Crippen LogP contribution >= 0.6 is 21.6 Å². The Bertz CT molecular complexity index is 1540. The number of rotatable bonds is 20. The van der Waals surface area contributed by atoms with E-state index in [-0.39, 0.29) is 53.9 Å². The van der Waals surface area contributed by atoms with Gasteiger partial charge >= 0.3 is 5.97 Å². The molecule has 3 aromatic rings. The first kappa shape index (κ1) is 36.1. The summed E-state index contributed by atoms with van der Waals surface area (Å²) in [6.45, 7) is 3.14. The van der Waals surface area contributed by atoms with Crippen molar-refractivity contribution in [1.82, 2.24) is 35.9 Å². The maximum absolute atomic E-state index is 12.7. The van der Waals surface area contributed by atoms with E-state index in [1.165, 1.54) is 24.8 Å². The maximum Gasteiger partial charge on any atom is 0.326 e. The fourth-order valence-electron chi connectivity index (χ4n) is 3.94. The van der Waals surface area contributed by atoms with Gasteiger partial charge in [-0.3, -0.25) is 24.2 Å². The molecule has 0 saturated heterocycles. The number of unbranched alkanes of at least 4 members (excludes halogenated alkanes) is 1. The number of benzene rings is 1. The molecule has 1 unspecified atom stereocenters. The molecule has 1 aromatic carbocycles. The van der Waals surface area contributed by atoms with Gasteiger partial charge in [0.15, 0.2) is 11.2 Å². The fourth-order valence-corrected chi connectivity index (χ4v) is 6.16. The van der Waals surface area contributed by atoms with E-state index in [1.807, 2.05) is 0 Å². The molecule has 0 fully saturated rings. The van der Waals surface area contributed by atoms with E-state index in [2.05, 4.69) is 48.1 Å². The lowest BCUT2D eigenvalue weighted by atomic mass is 10.1. The highest BCUT2D eigenvalue weighted by molar-refractivity contribution is 8.76. The van der Waals surface area contributed by atoms with Crippen molar-refractivity contribution in [1.29, 1.82) is 0 Å². The van der Waals surface area contributed by atoms with Crippen LogP contribution in [0.4, 0.5) is 11.6 Å². The number of amides is 3. The number of anilines is 2. The van der Waals surface area contributed by atoms with Crippen molar-refractivity contribution >= 4 is 68.1 Å². The molecular weight excluding hydrogens is 635 g/mol. The lowest BCUT2D eigenvalue weighted by molar-refractivity contribution is -0.139. The molecular formula is C29H39N9O6S2. The Morgan fingerprint density at radius 2 is 1.67 bits per heavy atom. The third-order valence-electron chi connectivity index (χ3n) is 6.45. The average Bonchev–Trinajstić information content (AvgIpc) is 3.03. The number of fused-ring (bicyclic) bond motifs is 1. The Morgan fingerprint density at radius 3 is 2.37 bits per heavy atom. The zero-order valence-electron chi connectivity index (χ0n) is 25.5. The minimum Gasteiger partial charge on any atom is -0.480 e. The molecule has 0 spiro atoms. The SMILES string of the molecule is CCCCSSCCC(=O)NCCCNC(=O)CCC(NC(=O)c1ccc(NCc2cnc3nc(N)[nH]c(=O)c3n2)cc1)C(=O)O. The van der Waals surface area contributed by atoms with Crippen LogP contribution in [0.2, 0.25) is 0 Å². The molecule has 3 rings (SSSR count). The Morgan fingerprint density at radius 1 is 0.978 bits per heavy atom. The number of carbonyl (C=O) groups excluding carboxylic acids is 3. The van der Waals surface area contributed by atoms with Gasteiger partial charge in [0.05, 0.1) is 18.4 Å². The first-order valence-corrected chi connectivity index (χ1v) is 17.3. The number of aliphatic carboxylic acids is 1. The topological polar surface area (TPSA) is 234 Å². The van der Waals surface area contributed by atoms with Crippen molar-refractivity contribution in [2.45, 2.75) is 58.0 Å². The molecule has 0 saturated carbocycles. The molecule has 2 heterocycles. The summed E-state index contributed by atoms with van der Waals surface area (Å²) in [5.74, 6) is -0.434. The fraction of sp³-hybridized carbons (Fsp3) is 0.448. The Labute approximate surface area is 273 Å². The van der Waals surface area contributed by atoms with E-state index in [1.54, 1.807) is 33.7 Å². The molecule has 2 aromatic heterocycles. The van der Waals surface area contributed by atoms with Crippen molar-refractivity contribution < 1.29 is 24.3 Å². The molecule has 0 bridgehead atoms. The lowest BCUT2D eigenvalue weighted by Gasteiger charge is -2.15. The number of aromatic amines is 1. The second-order valence-corrected chi connectivity index (χ2v) is 12.8. The molecule has 46 heavy (non-hydrogen) atoms. The first-order chi connectivity index (χ1) is 22.2. The van der Waals surface area contributed by atoms with Crippen LogP contribution in [0.25, 0.3) is 11.2 Å². The van der Waals surface area contributed by atoms with Crippen molar-refractivity contribution in [2.24, 2.45) is 0 Å². The highest BCUT2D eigenvalue weighted by Gasteiger charge is 2.22. The van der Waals surface area contributed by atoms with Crippen molar-refractivity contribution in [2.75, 3.05) is 35.6 Å². The summed E-state index contributed by atoms with van der Waals surface area (Å²) >= 11 is 0. The van der Waals surface area contributed by atoms with Crippen molar-refractivity contribution in [3.05, 3.63) is 52.1 Å². The largest absolute Gasteiger partial charge is 0.480 e. The molecule has 0 radical (unpaired) electrons. The number of hydrogen-bond donors (Lipinski definition) is 7. The summed E-state index contributed by atoms with van der Waals surface area (Å²) in [6, 6.07) is 5.06. The second kappa shape index (κ2) is 19.2. The van der Waals surface area contributed by atoms with Gasteiger partial charge < -0.3 is 32.1 Å². The quantitative estimate of drug-likeness (QED) is 0.0673. The molecule has 0 aliphatic carbocycles. The molecule has 15 nitrogen and oxygen atoms in total. The van der Waals surface area contributed by atoms with E-state index < -0.39 is 23.5 Å². The van der Waals surface area contributed by atoms with Crippen LogP contribution in [-0.4, -0.2) is 79.4 Å². The van der Waals surface area contributed by atoms with Crippen LogP contribution in [0.15, 0.2) is 35.3 Å². The number of nitrogens with two attached hydrogens (primary N) is 1. The summed E-state index contributed by atoms with van der Waals surface area (Å²) in [6.07, 6.45) is 4.60. The van der Waals surface area contributed by atoms with Crippen LogP contribution in [0.1, 0.15) is 61.5 Å². The van der Waals surface area contributed by atoms with E-state index in [4.69, 9.17) is 5.73 Å². The minimum atomic E-state index is -1.26. The number of H-pyrrole nitrogens is 1. The predicted octanol–water partition coefficient (Wildman–Crippen LogP) is 2.06. The number of carbonyl (C=O) groups is 4. The Kier molecular flexibility index (Phi) is 15.1. The summed E-state index contributed by atoms with van der Waals surface area (Å²) in [5, 5.41) is 20.7. The normalized spacial score (nSPS) is 11.5. The monoisotopic (exact) mass is 673 g/mol. The van der Waals surface area contributed by atoms with Gasteiger partial charge in [-0.15, -0.1) is 0 Å².